The Bertz CT molecular complexity index is 730. The molecule has 0 N–H and O–H groups in total. The van der Waals surface area contributed by atoms with Crippen molar-refractivity contribution in [2.24, 2.45) is 0 Å². The van der Waals surface area contributed by atoms with Gasteiger partial charge < -0.3 is 9.47 Å². The van der Waals surface area contributed by atoms with Gasteiger partial charge in [-0.2, -0.15) is 10.5 Å². The number of benzene rings is 2. The van der Waals surface area contributed by atoms with Crippen molar-refractivity contribution >= 4 is 11.6 Å². The molecule has 2 rings (SSSR count). The summed E-state index contributed by atoms with van der Waals surface area (Å²) in [6.07, 6.45) is 0. The molecule has 98 valence electrons. The van der Waals surface area contributed by atoms with Crippen molar-refractivity contribution in [2.75, 3.05) is 7.11 Å². The average molecular weight is 285 g/mol. The Labute approximate surface area is 121 Å². The van der Waals surface area contributed by atoms with Gasteiger partial charge in [-0.05, 0) is 30.3 Å². The lowest BCUT2D eigenvalue weighted by molar-refractivity contribution is 0.378. The third-order valence-electron chi connectivity index (χ3n) is 2.57. The van der Waals surface area contributed by atoms with Crippen molar-refractivity contribution in [1.82, 2.24) is 0 Å². The maximum Gasteiger partial charge on any atom is 0.169 e. The Kier molecular flexibility index (Phi) is 4.10. The number of halogens is 1. The number of hydrogen-bond donors (Lipinski definition) is 0. The Morgan fingerprint density at radius 2 is 1.70 bits per heavy atom. The highest BCUT2D eigenvalue weighted by Crippen LogP contribution is 2.34. The van der Waals surface area contributed by atoms with E-state index >= 15 is 0 Å². The first-order chi connectivity index (χ1) is 9.67. The van der Waals surface area contributed by atoms with Crippen LogP contribution in [0, 0.1) is 22.7 Å². The summed E-state index contributed by atoms with van der Waals surface area (Å²) in [6.45, 7) is 0. The molecule has 0 aromatic heterocycles. The van der Waals surface area contributed by atoms with E-state index in [-0.39, 0.29) is 0 Å². The van der Waals surface area contributed by atoms with Crippen molar-refractivity contribution in [2.45, 2.75) is 0 Å². The zero-order valence-corrected chi connectivity index (χ0v) is 11.3. The minimum atomic E-state index is 0.323. The van der Waals surface area contributed by atoms with Crippen LogP contribution in [0.3, 0.4) is 0 Å². The number of hydrogen-bond acceptors (Lipinski definition) is 4. The second-order valence-electron chi connectivity index (χ2n) is 3.83. The van der Waals surface area contributed by atoms with E-state index < -0.39 is 0 Å². The summed E-state index contributed by atoms with van der Waals surface area (Å²) in [6, 6.07) is 13.6. The van der Waals surface area contributed by atoms with E-state index in [0.29, 0.717) is 33.4 Å². The molecule has 0 heterocycles. The van der Waals surface area contributed by atoms with Gasteiger partial charge in [-0.3, -0.25) is 0 Å². The minimum Gasteiger partial charge on any atom is -0.493 e. The minimum absolute atomic E-state index is 0.323. The van der Waals surface area contributed by atoms with E-state index in [0.717, 1.165) is 0 Å². The highest BCUT2D eigenvalue weighted by Gasteiger charge is 2.10. The fourth-order valence-corrected chi connectivity index (χ4v) is 1.79. The summed E-state index contributed by atoms with van der Waals surface area (Å²) in [5.41, 5.74) is 0.787. The van der Waals surface area contributed by atoms with Gasteiger partial charge in [-0.15, -0.1) is 0 Å². The average Bonchev–Trinajstić information content (AvgIpc) is 2.49. The Morgan fingerprint density at radius 3 is 2.35 bits per heavy atom. The van der Waals surface area contributed by atoms with Gasteiger partial charge in [0.05, 0.1) is 24.3 Å². The molecule has 0 saturated heterocycles. The summed E-state index contributed by atoms with van der Waals surface area (Å²) in [7, 11) is 1.48. The zero-order valence-electron chi connectivity index (χ0n) is 10.6. The molecule has 2 aromatic rings. The van der Waals surface area contributed by atoms with Gasteiger partial charge in [0.25, 0.3) is 0 Å². The van der Waals surface area contributed by atoms with Gasteiger partial charge in [0, 0.05) is 11.1 Å². The van der Waals surface area contributed by atoms with Gasteiger partial charge in [-0.1, -0.05) is 11.6 Å². The molecule has 0 aliphatic rings. The highest BCUT2D eigenvalue weighted by atomic mass is 35.5. The molecule has 0 unspecified atom stereocenters. The number of rotatable bonds is 3. The van der Waals surface area contributed by atoms with Crippen molar-refractivity contribution < 1.29 is 9.47 Å². The molecule has 0 atom stereocenters. The highest BCUT2D eigenvalue weighted by molar-refractivity contribution is 6.30. The van der Waals surface area contributed by atoms with Crippen LogP contribution in [0.15, 0.2) is 36.4 Å². The third kappa shape index (κ3) is 2.83. The van der Waals surface area contributed by atoms with Crippen LogP contribution in [-0.4, -0.2) is 7.11 Å². The van der Waals surface area contributed by atoms with Crippen LogP contribution < -0.4 is 9.47 Å². The predicted octanol–water partition coefficient (Wildman–Crippen LogP) is 3.88. The molecular weight excluding hydrogens is 276 g/mol. The maximum absolute atomic E-state index is 9.07. The van der Waals surface area contributed by atoms with Crippen LogP contribution in [0.25, 0.3) is 0 Å². The fraction of sp³-hybridized carbons (Fsp3) is 0.0667. The van der Waals surface area contributed by atoms with Crippen LogP contribution in [0.5, 0.6) is 17.2 Å². The monoisotopic (exact) mass is 284 g/mol. The first-order valence-electron chi connectivity index (χ1n) is 5.63. The summed E-state index contributed by atoms with van der Waals surface area (Å²) in [5.74, 6) is 1.22. The molecule has 0 amide bonds. The van der Waals surface area contributed by atoms with Crippen LogP contribution in [0.1, 0.15) is 11.1 Å². The van der Waals surface area contributed by atoms with Crippen LogP contribution in [0.4, 0.5) is 0 Å². The van der Waals surface area contributed by atoms with E-state index in [1.165, 1.54) is 13.2 Å². The SMILES string of the molecule is COc1cc(C#N)ccc1Oc1ccc(Cl)cc1C#N. The molecule has 0 aliphatic heterocycles. The van der Waals surface area contributed by atoms with Gasteiger partial charge in [0.2, 0.25) is 0 Å². The van der Waals surface area contributed by atoms with Gasteiger partial charge >= 0.3 is 0 Å². The molecule has 0 fully saturated rings. The van der Waals surface area contributed by atoms with Gasteiger partial charge in [-0.25, -0.2) is 0 Å². The lowest BCUT2D eigenvalue weighted by Crippen LogP contribution is -1.93. The maximum atomic E-state index is 9.07. The number of ether oxygens (including phenoxy) is 2. The molecule has 0 aliphatic carbocycles. The Balaban J connectivity index is 2.41. The van der Waals surface area contributed by atoms with E-state index in [1.54, 1.807) is 30.3 Å². The van der Waals surface area contributed by atoms with Crippen LogP contribution >= 0.6 is 11.6 Å². The van der Waals surface area contributed by atoms with Crippen molar-refractivity contribution in [3.8, 4) is 29.4 Å². The van der Waals surface area contributed by atoms with Crippen molar-refractivity contribution in [3.05, 3.63) is 52.5 Å². The number of methoxy groups -OCH3 is 1. The normalized spacial score (nSPS) is 9.40. The number of nitrogens with zero attached hydrogens (tertiary/aromatic N) is 2. The molecule has 20 heavy (non-hydrogen) atoms. The Hall–Kier alpha value is -2.69. The van der Waals surface area contributed by atoms with E-state index in [4.69, 9.17) is 31.6 Å². The summed E-state index contributed by atoms with van der Waals surface area (Å²) in [4.78, 5) is 0. The summed E-state index contributed by atoms with van der Waals surface area (Å²) in [5, 5.41) is 18.4. The molecule has 0 radical (unpaired) electrons. The summed E-state index contributed by atoms with van der Waals surface area (Å²) < 4.78 is 10.8. The first kappa shape index (κ1) is 13.7. The summed E-state index contributed by atoms with van der Waals surface area (Å²) >= 11 is 5.83. The van der Waals surface area contributed by atoms with Gasteiger partial charge in [0.15, 0.2) is 11.5 Å². The van der Waals surface area contributed by atoms with Crippen molar-refractivity contribution in [3.63, 3.8) is 0 Å². The predicted molar refractivity (Wildman–Crippen MR) is 74.0 cm³/mol. The zero-order chi connectivity index (χ0) is 14.5. The van der Waals surface area contributed by atoms with Crippen LogP contribution in [-0.2, 0) is 0 Å². The topological polar surface area (TPSA) is 66.0 Å². The van der Waals surface area contributed by atoms with E-state index in [2.05, 4.69) is 0 Å². The molecule has 4 nitrogen and oxygen atoms in total. The molecule has 2 aromatic carbocycles. The quantitative estimate of drug-likeness (QED) is 0.858. The van der Waals surface area contributed by atoms with Crippen molar-refractivity contribution in [1.29, 1.82) is 10.5 Å². The van der Waals surface area contributed by atoms with E-state index in [9.17, 15) is 0 Å². The van der Waals surface area contributed by atoms with Crippen LogP contribution in [0.2, 0.25) is 5.02 Å². The second-order valence-corrected chi connectivity index (χ2v) is 4.27. The fourth-order valence-electron chi connectivity index (χ4n) is 1.62. The lowest BCUT2D eigenvalue weighted by Gasteiger charge is -2.11. The molecular formula is C15H9ClN2O2. The molecule has 5 heteroatoms. The second kappa shape index (κ2) is 5.97. The first-order valence-corrected chi connectivity index (χ1v) is 6.01. The Morgan fingerprint density at radius 1 is 0.950 bits per heavy atom. The largest absolute Gasteiger partial charge is 0.493 e. The third-order valence-corrected chi connectivity index (χ3v) is 2.81. The molecule has 0 spiro atoms. The lowest BCUT2D eigenvalue weighted by atomic mass is 10.2. The molecule has 0 bridgehead atoms. The standard InChI is InChI=1S/C15H9ClN2O2/c1-19-15-6-10(8-17)2-4-14(15)20-13-5-3-12(16)7-11(13)9-18/h2-7H,1H3. The number of nitriles is 2. The van der Waals surface area contributed by atoms with E-state index in [1.807, 2.05) is 12.1 Å². The smallest absolute Gasteiger partial charge is 0.169 e. The molecule has 0 saturated carbocycles. The van der Waals surface area contributed by atoms with Gasteiger partial charge in [0.1, 0.15) is 11.8 Å².